The number of aromatic nitrogens is 1. The molecule has 3 aromatic rings. The van der Waals surface area contributed by atoms with E-state index in [2.05, 4.69) is 25.0 Å². The van der Waals surface area contributed by atoms with Crippen LogP contribution in [-0.4, -0.2) is 72.2 Å². The second-order valence-corrected chi connectivity index (χ2v) is 13.9. The van der Waals surface area contributed by atoms with E-state index < -0.39 is 29.2 Å². The summed E-state index contributed by atoms with van der Waals surface area (Å²) < 4.78 is 55.3. The summed E-state index contributed by atoms with van der Waals surface area (Å²) in [6.45, 7) is 7.05. The molecule has 2 aromatic carbocycles. The first-order valence-corrected chi connectivity index (χ1v) is 15.2. The van der Waals surface area contributed by atoms with Crippen LogP contribution in [0.15, 0.2) is 24.3 Å². The van der Waals surface area contributed by atoms with Gasteiger partial charge in [-0.1, -0.05) is 11.3 Å². The molecule has 11 nitrogen and oxygen atoms in total. The number of morpholine rings is 1. The summed E-state index contributed by atoms with van der Waals surface area (Å²) in [4.78, 5) is 34.9. The number of carbonyl (C=O) groups is 2. The number of hydrogen-bond acceptors (Lipinski definition) is 10. The van der Waals surface area contributed by atoms with Gasteiger partial charge in [0.15, 0.2) is 16.6 Å². The SMILES string of the molecule is COc1ccc2nc(N3C4COCC3C4)sc2c1C(=O)Nc1cc2c(cc1C(=O)NC13CC(C)(C1)OC3(C)C)OC(F)(F)O2. The molecule has 1 aliphatic carbocycles. The Labute approximate surface area is 254 Å². The molecule has 5 aliphatic heterocycles. The Hall–Kier alpha value is -3.75. The predicted molar refractivity (Wildman–Crippen MR) is 155 cm³/mol. The third kappa shape index (κ3) is 4.00. The van der Waals surface area contributed by atoms with E-state index in [0.717, 1.165) is 17.6 Å². The predicted octanol–water partition coefficient (Wildman–Crippen LogP) is 4.69. The minimum atomic E-state index is -3.91. The minimum absolute atomic E-state index is 0.0269. The first kappa shape index (κ1) is 27.8. The number of carbonyl (C=O) groups excluding carboxylic acids is 2. The lowest BCUT2D eigenvalue weighted by Crippen LogP contribution is -2.64. The zero-order chi connectivity index (χ0) is 30.8. The lowest BCUT2D eigenvalue weighted by atomic mass is 9.63. The van der Waals surface area contributed by atoms with Crippen LogP contribution in [0.2, 0.25) is 0 Å². The first-order valence-electron chi connectivity index (χ1n) is 14.4. The van der Waals surface area contributed by atoms with Crippen molar-refractivity contribution in [3.8, 4) is 17.2 Å². The average Bonchev–Trinajstić information content (AvgIpc) is 3.59. The van der Waals surface area contributed by atoms with Crippen LogP contribution in [0.1, 0.15) is 60.7 Å². The van der Waals surface area contributed by atoms with Crippen LogP contribution in [0.25, 0.3) is 10.2 Å². The molecule has 14 heteroatoms. The fraction of sp³-hybridized carbons (Fsp3) is 0.500. The maximum absolute atomic E-state index is 14.0. The van der Waals surface area contributed by atoms with Crippen molar-refractivity contribution in [3.05, 3.63) is 35.4 Å². The largest absolute Gasteiger partial charge is 0.586 e. The van der Waals surface area contributed by atoms with Crippen molar-refractivity contribution in [2.24, 2.45) is 0 Å². The molecule has 232 valence electrons. The van der Waals surface area contributed by atoms with Crippen LogP contribution in [-0.2, 0) is 9.47 Å². The number of anilines is 2. The molecule has 1 saturated carbocycles. The maximum atomic E-state index is 14.0. The molecular weight excluding hydrogens is 598 g/mol. The third-order valence-corrected chi connectivity index (χ3v) is 10.6. The van der Waals surface area contributed by atoms with Crippen molar-refractivity contribution >= 4 is 44.2 Å². The summed E-state index contributed by atoms with van der Waals surface area (Å²) in [5, 5.41) is 6.62. The normalized spacial score (nSPS) is 30.0. The number of nitrogens with zero attached hydrogens (tertiary/aromatic N) is 2. The number of alkyl halides is 2. The number of methoxy groups -OCH3 is 1. The number of benzene rings is 2. The van der Waals surface area contributed by atoms with Gasteiger partial charge in [-0.3, -0.25) is 9.59 Å². The Morgan fingerprint density at radius 1 is 1.07 bits per heavy atom. The molecule has 4 bridgehead atoms. The Bertz CT molecular complexity index is 1740. The van der Waals surface area contributed by atoms with Gasteiger partial charge in [0.2, 0.25) is 0 Å². The molecule has 2 atom stereocenters. The van der Waals surface area contributed by atoms with Gasteiger partial charge >= 0.3 is 6.29 Å². The Kier molecular flexibility index (Phi) is 5.63. The van der Waals surface area contributed by atoms with Gasteiger partial charge in [-0.05, 0) is 45.4 Å². The molecular formula is C30H30F2N4O7S. The summed E-state index contributed by atoms with van der Waals surface area (Å²) in [7, 11) is 1.45. The number of nitrogens with one attached hydrogen (secondary N) is 2. The van der Waals surface area contributed by atoms with Crippen LogP contribution in [0.4, 0.5) is 19.6 Å². The van der Waals surface area contributed by atoms with Crippen LogP contribution in [0.3, 0.4) is 0 Å². The van der Waals surface area contributed by atoms with Crippen LogP contribution in [0.5, 0.6) is 17.2 Å². The molecule has 0 spiro atoms. The van der Waals surface area contributed by atoms with E-state index in [1.165, 1.54) is 24.5 Å². The second kappa shape index (κ2) is 8.92. The highest BCUT2D eigenvalue weighted by Crippen LogP contribution is 2.60. The van der Waals surface area contributed by atoms with Crippen molar-refractivity contribution in [1.29, 1.82) is 0 Å². The van der Waals surface area contributed by atoms with E-state index in [1.54, 1.807) is 12.1 Å². The number of rotatable bonds is 6. The molecule has 0 radical (unpaired) electrons. The summed E-state index contributed by atoms with van der Waals surface area (Å²) in [6.07, 6.45) is -1.69. The molecule has 2 unspecified atom stereocenters. The first-order chi connectivity index (χ1) is 20.8. The van der Waals surface area contributed by atoms with Crippen molar-refractivity contribution in [1.82, 2.24) is 10.3 Å². The van der Waals surface area contributed by atoms with Gasteiger partial charge in [-0.25, -0.2) is 4.98 Å². The van der Waals surface area contributed by atoms with Gasteiger partial charge < -0.3 is 39.2 Å². The van der Waals surface area contributed by atoms with E-state index in [0.29, 0.717) is 42.0 Å². The number of halogens is 2. The van der Waals surface area contributed by atoms with Crippen LogP contribution in [0, 0.1) is 0 Å². The molecule has 6 heterocycles. The van der Waals surface area contributed by atoms with Gasteiger partial charge in [-0.15, -0.1) is 8.78 Å². The van der Waals surface area contributed by atoms with E-state index in [-0.39, 0.29) is 46.0 Å². The van der Waals surface area contributed by atoms with Crippen molar-refractivity contribution < 1.29 is 42.1 Å². The summed E-state index contributed by atoms with van der Waals surface area (Å²) in [6, 6.07) is 6.26. The maximum Gasteiger partial charge on any atom is 0.586 e. The number of thiazole rings is 1. The smallest absolute Gasteiger partial charge is 0.496 e. The highest BCUT2D eigenvalue weighted by Gasteiger charge is 2.70. The zero-order valence-electron chi connectivity index (χ0n) is 24.4. The van der Waals surface area contributed by atoms with Crippen LogP contribution >= 0.6 is 11.3 Å². The van der Waals surface area contributed by atoms with Crippen molar-refractivity contribution in [3.63, 3.8) is 0 Å². The highest BCUT2D eigenvalue weighted by molar-refractivity contribution is 7.22. The minimum Gasteiger partial charge on any atom is -0.496 e. The third-order valence-electron chi connectivity index (χ3n) is 9.52. The van der Waals surface area contributed by atoms with Gasteiger partial charge in [0.25, 0.3) is 11.8 Å². The summed E-state index contributed by atoms with van der Waals surface area (Å²) in [5.41, 5.74) is -0.929. The Morgan fingerprint density at radius 3 is 2.41 bits per heavy atom. The topological polar surface area (TPSA) is 120 Å². The quantitative estimate of drug-likeness (QED) is 0.401. The lowest BCUT2D eigenvalue weighted by Gasteiger charge is -2.52. The number of fused-ring (bicyclic) bond motifs is 5. The lowest BCUT2D eigenvalue weighted by molar-refractivity contribution is -0.286. The average molecular weight is 629 g/mol. The molecule has 2 amide bonds. The fourth-order valence-corrected chi connectivity index (χ4v) is 8.78. The Balaban J connectivity index is 1.15. The van der Waals surface area contributed by atoms with Crippen LogP contribution < -0.4 is 29.7 Å². The van der Waals surface area contributed by atoms with E-state index in [4.69, 9.17) is 19.2 Å². The van der Waals surface area contributed by atoms with Gasteiger partial charge in [0.1, 0.15) is 11.3 Å². The number of amides is 2. The molecule has 5 fully saturated rings. The monoisotopic (exact) mass is 628 g/mol. The van der Waals surface area contributed by atoms with Crippen molar-refractivity contribution in [2.75, 3.05) is 30.5 Å². The molecule has 4 saturated heterocycles. The zero-order valence-corrected chi connectivity index (χ0v) is 25.2. The summed E-state index contributed by atoms with van der Waals surface area (Å²) in [5.74, 6) is -1.50. The molecule has 2 N–H and O–H groups in total. The van der Waals surface area contributed by atoms with Crippen molar-refractivity contribution in [2.45, 2.75) is 75.2 Å². The summed E-state index contributed by atoms with van der Waals surface area (Å²) >= 11 is 1.37. The second-order valence-electron chi connectivity index (χ2n) is 12.9. The standard InChI is InChI=1S/C30H30F2N4O7S/c1-27(2)29(12-28(3,13-29)43-27)35-24(37)16-8-20-21(42-30(31,32)41-20)9-18(16)33-25(38)22-19(39-4)6-5-17-23(22)44-26(34-17)36-14-7-15(36)11-40-10-14/h5-6,8-9,14-15H,7,10-13H2,1-4H3,(H,33,38)(H,35,37). The Morgan fingerprint density at radius 2 is 1.77 bits per heavy atom. The van der Waals surface area contributed by atoms with E-state index in [1.807, 2.05) is 20.8 Å². The van der Waals surface area contributed by atoms with Gasteiger partial charge in [0, 0.05) is 18.9 Å². The molecule has 44 heavy (non-hydrogen) atoms. The molecule has 6 aliphatic rings. The van der Waals surface area contributed by atoms with Gasteiger partial charge in [-0.2, -0.15) is 0 Å². The highest BCUT2D eigenvalue weighted by atomic mass is 32.1. The molecule has 1 aromatic heterocycles. The fourth-order valence-electron chi connectivity index (χ4n) is 7.54. The van der Waals surface area contributed by atoms with Gasteiger partial charge in [0.05, 0.1) is 70.6 Å². The molecule has 9 rings (SSSR count). The number of hydrogen-bond donors (Lipinski definition) is 2. The van der Waals surface area contributed by atoms with E-state index in [9.17, 15) is 18.4 Å². The van der Waals surface area contributed by atoms with E-state index >= 15 is 0 Å². The number of ether oxygens (including phenoxy) is 5.